The molecule has 0 saturated heterocycles. The largest absolute Gasteiger partial charge is 0.497 e. The van der Waals surface area contributed by atoms with Crippen LogP contribution in [0.5, 0.6) is 5.75 Å². The zero-order valence-electron chi connectivity index (χ0n) is 13.2. The maximum Gasteiger partial charge on any atom is 0.274 e. The SMILES string of the molecule is CCCCN(C)C(=O)c1cc(N)n(-c2ccc(OC)cc2)n1. The lowest BCUT2D eigenvalue weighted by Gasteiger charge is -2.14. The number of rotatable bonds is 6. The van der Waals surface area contributed by atoms with Crippen molar-refractivity contribution in [2.24, 2.45) is 0 Å². The van der Waals surface area contributed by atoms with Gasteiger partial charge in [-0.15, -0.1) is 0 Å². The van der Waals surface area contributed by atoms with Gasteiger partial charge in [-0.05, 0) is 30.7 Å². The number of hydrogen-bond acceptors (Lipinski definition) is 4. The lowest BCUT2D eigenvalue weighted by molar-refractivity contribution is 0.0787. The average Bonchev–Trinajstić information content (AvgIpc) is 2.93. The van der Waals surface area contributed by atoms with Gasteiger partial charge in [0.25, 0.3) is 5.91 Å². The van der Waals surface area contributed by atoms with E-state index >= 15 is 0 Å². The zero-order chi connectivity index (χ0) is 16.1. The fraction of sp³-hybridized carbons (Fsp3) is 0.375. The van der Waals surface area contributed by atoms with E-state index < -0.39 is 0 Å². The van der Waals surface area contributed by atoms with Crippen LogP contribution in [0, 0.1) is 0 Å². The first kappa shape index (κ1) is 15.9. The second kappa shape index (κ2) is 6.98. The van der Waals surface area contributed by atoms with Crippen LogP contribution in [-0.2, 0) is 0 Å². The number of hydrogen-bond donors (Lipinski definition) is 1. The molecule has 1 heterocycles. The van der Waals surface area contributed by atoms with E-state index in [0.29, 0.717) is 18.1 Å². The molecule has 0 spiro atoms. The van der Waals surface area contributed by atoms with Crippen molar-refractivity contribution in [1.82, 2.24) is 14.7 Å². The fourth-order valence-electron chi connectivity index (χ4n) is 2.12. The fourth-order valence-corrected chi connectivity index (χ4v) is 2.12. The van der Waals surface area contributed by atoms with Gasteiger partial charge in [0.15, 0.2) is 5.69 Å². The Balaban J connectivity index is 2.21. The average molecular weight is 302 g/mol. The summed E-state index contributed by atoms with van der Waals surface area (Å²) < 4.78 is 6.68. The number of ether oxygens (including phenoxy) is 1. The molecule has 0 fully saturated rings. The second-order valence-corrected chi connectivity index (χ2v) is 5.14. The van der Waals surface area contributed by atoms with Crippen molar-refractivity contribution in [2.45, 2.75) is 19.8 Å². The van der Waals surface area contributed by atoms with Crippen molar-refractivity contribution in [3.63, 3.8) is 0 Å². The van der Waals surface area contributed by atoms with Gasteiger partial charge >= 0.3 is 0 Å². The highest BCUT2D eigenvalue weighted by atomic mass is 16.5. The Labute approximate surface area is 130 Å². The van der Waals surface area contributed by atoms with Crippen LogP contribution in [0.4, 0.5) is 5.82 Å². The Morgan fingerprint density at radius 2 is 2.05 bits per heavy atom. The first-order chi connectivity index (χ1) is 10.6. The molecule has 0 atom stereocenters. The van der Waals surface area contributed by atoms with E-state index in [1.165, 1.54) is 0 Å². The van der Waals surface area contributed by atoms with Crippen LogP contribution in [0.15, 0.2) is 30.3 Å². The molecule has 0 unspecified atom stereocenters. The van der Waals surface area contributed by atoms with E-state index in [4.69, 9.17) is 10.5 Å². The molecule has 6 nitrogen and oxygen atoms in total. The summed E-state index contributed by atoms with van der Waals surface area (Å²) in [4.78, 5) is 14.0. The van der Waals surface area contributed by atoms with E-state index in [0.717, 1.165) is 24.3 Å². The van der Waals surface area contributed by atoms with Crippen LogP contribution in [0.2, 0.25) is 0 Å². The molecule has 22 heavy (non-hydrogen) atoms. The van der Waals surface area contributed by atoms with Crippen LogP contribution in [-0.4, -0.2) is 41.3 Å². The third-order valence-electron chi connectivity index (χ3n) is 3.47. The molecule has 0 bridgehead atoms. The number of nitrogens with two attached hydrogens (primary N) is 1. The van der Waals surface area contributed by atoms with Crippen LogP contribution in [0.1, 0.15) is 30.3 Å². The molecule has 2 N–H and O–H groups in total. The highest BCUT2D eigenvalue weighted by Crippen LogP contribution is 2.18. The van der Waals surface area contributed by atoms with Crippen molar-refractivity contribution in [1.29, 1.82) is 0 Å². The van der Waals surface area contributed by atoms with Gasteiger partial charge in [0.1, 0.15) is 11.6 Å². The van der Waals surface area contributed by atoms with Crippen molar-refractivity contribution >= 4 is 11.7 Å². The summed E-state index contributed by atoms with van der Waals surface area (Å²) in [7, 11) is 3.39. The summed E-state index contributed by atoms with van der Waals surface area (Å²) >= 11 is 0. The summed E-state index contributed by atoms with van der Waals surface area (Å²) in [5, 5.41) is 4.32. The standard InChI is InChI=1S/C16H22N4O2/c1-4-5-10-19(2)16(21)14-11-15(17)20(18-14)12-6-8-13(22-3)9-7-12/h6-9,11H,4-5,10,17H2,1-3H3. The number of nitrogens with zero attached hydrogens (tertiary/aromatic N) is 3. The van der Waals surface area contributed by atoms with Gasteiger partial charge in [-0.25, -0.2) is 4.68 Å². The maximum atomic E-state index is 12.3. The number of carbonyl (C=O) groups excluding carboxylic acids is 1. The van der Waals surface area contributed by atoms with Crippen LogP contribution >= 0.6 is 0 Å². The number of anilines is 1. The summed E-state index contributed by atoms with van der Waals surface area (Å²) in [6.45, 7) is 2.80. The molecule has 2 aromatic rings. The third kappa shape index (κ3) is 3.39. The van der Waals surface area contributed by atoms with E-state index in [-0.39, 0.29) is 5.91 Å². The van der Waals surface area contributed by atoms with Crippen molar-refractivity contribution in [2.75, 3.05) is 26.4 Å². The minimum atomic E-state index is -0.118. The van der Waals surface area contributed by atoms with Crippen LogP contribution in [0.25, 0.3) is 5.69 Å². The lowest BCUT2D eigenvalue weighted by atomic mass is 10.3. The normalized spacial score (nSPS) is 10.5. The molecule has 1 aromatic heterocycles. The molecule has 0 aliphatic heterocycles. The molecule has 1 amide bonds. The van der Waals surface area contributed by atoms with Gasteiger partial charge in [0.05, 0.1) is 12.8 Å². The molecule has 0 radical (unpaired) electrons. The minimum absolute atomic E-state index is 0.118. The lowest BCUT2D eigenvalue weighted by Crippen LogP contribution is -2.28. The van der Waals surface area contributed by atoms with Gasteiger partial charge in [-0.1, -0.05) is 13.3 Å². The molecular weight excluding hydrogens is 280 g/mol. The molecule has 0 saturated carbocycles. The molecule has 2 rings (SSSR count). The van der Waals surface area contributed by atoms with E-state index in [9.17, 15) is 4.79 Å². The number of nitrogen functional groups attached to an aromatic ring is 1. The summed E-state index contributed by atoms with van der Waals surface area (Å²) in [5.41, 5.74) is 7.12. The highest BCUT2D eigenvalue weighted by molar-refractivity contribution is 5.93. The van der Waals surface area contributed by atoms with Crippen LogP contribution < -0.4 is 10.5 Å². The molecule has 0 aliphatic rings. The monoisotopic (exact) mass is 302 g/mol. The molecule has 0 aliphatic carbocycles. The first-order valence-corrected chi connectivity index (χ1v) is 7.32. The minimum Gasteiger partial charge on any atom is -0.497 e. The van der Waals surface area contributed by atoms with Crippen LogP contribution in [0.3, 0.4) is 0 Å². The molecule has 118 valence electrons. The molecule has 6 heteroatoms. The van der Waals surface area contributed by atoms with Gasteiger partial charge in [-0.2, -0.15) is 5.10 Å². The smallest absolute Gasteiger partial charge is 0.274 e. The number of benzene rings is 1. The van der Waals surface area contributed by atoms with E-state index in [2.05, 4.69) is 12.0 Å². The second-order valence-electron chi connectivity index (χ2n) is 5.14. The summed E-state index contributed by atoms with van der Waals surface area (Å²) in [6.07, 6.45) is 2.01. The van der Waals surface area contributed by atoms with Crippen molar-refractivity contribution in [3.05, 3.63) is 36.0 Å². The quantitative estimate of drug-likeness (QED) is 0.889. The van der Waals surface area contributed by atoms with Crippen molar-refractivity contribution < 1.29 is 9.53 Å². The Morgan fingerprint density at radius 1 is 1.36 bits per heavy atom. The number of aromatic nitrogens is 2. The van der Waals surface area contributed by atoms with E-state index in [1.54, 1.807) is 29.8 Å². The molecular formula is C16H22N4O2. The number of carbonyl (C=O) groups is 1. The Bertz CT molecular complexity index is 634. The topological polar surface area (TPSA) is 73.4 Å². The predicted molar refractivity (Wildman–Crippen MR) is 86.4 cm³/mol. The maximum absolute atomic E-state index is 12.3. The number of unbranched alkanes of at least 4 members (excludes halogenated alkanes) is 1. The Kier molecular flexibility index (Phi) is 5.04. The predicted octanol–water partition coefficient (Wildman–Crippen LogP) is 2.34. The zero-order valence-corrected chi connectivity index (χ0v) is 13.2. The van der Waals surface area contributed by atoms with Gasteiger partial charge in [-0.3, -0.25) is 4.79 Å². The first-order valence-electron chi connectivity index (χ1n) is 7.32. The Morgan fingerprint density at radius 3 is 2.64 bits per heavy atom. The van der Waals surface area contributed by atoms with Crippen molar-refractivity contribution in [3.8, 4) is 11.4 Å². The summed E-state index contributed by atoms with van der Waals surface area (Å²) in [6, 6.07) is 8.94. The molecule has 1 aromatic carbocycles. The summed E-state index contributed by atoms with van der Waals surface area (Å²) in [5.74, 6) is 1.06. The third-order valence-corrected chi connectivity index (χ3v) is 3.47. The van der Waals surface area contributed by atoms with Gasteiger partial charge < -0.3 is 15.4 Å². The van der Waals surface area contributed by atoms with E-state index in [1.807, 2.05) is 24.3 Å². The number of methoxy groups -OCH3 is 1. The van der Waals surface area contributed by atoms with Gasteiger partial charge in [0, 0.05) is 19.7 Å². The van der Waals surface area contributed by atoms with Gasteiger partial charge in [0.2, 0.25) is 0 Å². The Hall–Kier alpha value is -2.50. The number of amides is 1. The highest BCUT2D eigenvalue weighted by Gasteiger charge is 2.17.